The maximum atomic E-state index is 13.6. The maximum Gasteiger partial charge on any atom is 0.419 e. The zero-order valence-electron chi connectivity index (χ0n) is 19.8. The number of aliphatic carboxylic acids is 1. The second-order valence-corrected chi connectivity index (χ2v) is 11.6. The molecule has 0 bridgehead atoms. The molecule has 1 N–H and O–H groups in total. The highest BCUT2D eigenvalue weighted by molar-refractivity contribution is 8.26. The van der Waals surface area contributed by atoms with Crippen molar-refractivity contribution in [2.75, 3.05) is 19.6 Å². The van der Waals surface area contributed by atoms with Gasteiger partial charge in [0, 0.05) is 37.4 Å². The number of amides is 2. The predicted octanol–water partition coefficient (Wildman–Crippen LogP) is 5.88. The Morgan fingerprint density at radius 3 is 2.68 bits per heavy atom. The Balaban J connectivity index is 1.40. The van der Waals surface area contributed by atoms with Crippen LogP contribution >= 0.6 is 35.3 Å². The summed E-state index contributed by atoms with van der Waals surface area (Å²) in [4.78, 5) is 40.5. The van der Waals surface area contributed by atoms with Crippen molar-refractivity contribution >= 4 is 63.5 Å². The van der Waals surface area contributed by atoms with Crippen molar-refractivity contribution in [2.45, 2.75) is 31.9 Å². The fourth-order valence-corrected chi connectivity index (χ4v) is 6.62. The average molecular weight is 587 g/mol. The normalized spacial score (nSPS) is 19.5. The topological polar surface area (TPSA) is 77.9 Å². The van der Waals surface area contributed by atoms with Gasteiger partial charge in [0.15, 0.2) is 0 Å². The van der Waals surface area contributed by atoms with E-state index in [1.165, 1.54) is 22.3 Å². The number of hydrogen-bond acceptors (Lipinski definition) is 6. The zero-order valence-corrected chi connectivity index (χ0v) is 22.2. The van der Waals surface area contributed by atoms with E-state index >= 15 is 0 Å². The van der Waals surface area contributed by atoms with Crippen LogP contribution in [-0.4, -0.2) is 56.6 Å². The molecule has 2 saturated heterocycles. The molecular weight excluding hydrogens is 564 g/mol. The number of carbonyl (C=O) groups excluding carboxylic acids is 2. The van der Waals surface area contributed by atoms with E-state index in [2.05, 4.69) is 0 Å². The molecule has 3 heterocycles. The summed E-state index contributed by atoms with van der Waals surface area (Å²) in [7, 11) is 0. The van der Waals surface area contributed by atoms with E-state index in [1.54, 1.807) is 22.4 Å². The molecule has 2 fully saturated rings. The lowest BCUT2D eigenvalue weighted by Gasteiger charge is -2.32. The largest absolute Gasteiger partial charge is 0.481 e. The smallest absolute Gasteiger partial charge is 0.419 e. The van der Waals surface area contributed by atoms with E-state index in [1.807, 2.05) is 0 Å². The molecule has 1 aromatic heterocycles. The van der Waals surface area contributed by atoms with Crippen LogP contribution in [0, 0.1) is 11.7 Å². The van der Waals surface area contributed by atoms with Crippen LogP contribution in [-0.2, 0) is 20.6 Å². The lowest BCUT2D eigenvalue weighted by atomic mass is 9.94. The number of thioether (sulfide) groups is 1. The fraction of sp³-hybridized carbons (Fsp3) is 0.360. The van der Waals surface area contributed by atoms with Gasteiger partial charge in [-0.1, -0.05) is 30.0 Å². The minimum Gasteiger partial charge on any atom is -0.481 e. The molecule has 0 unspecified atom stereocenters. The van der Waals surface area contributed by atoms with E-state index in [4.69, 9.17) is 17.3 Å². The summed E-state index contributed by atoms with van der Waals surface area (Å²) in [5.74, 6) is -2.87. The number of benzene rings is 1. The molecule has 1 aromatic carbocycles. The van der Waals surface area contributed by atoms with Crippen LogP contribution in [0.4, 0.5) is 17.6 Å². The Bertz CT molecular complexity index is 1310. The highest BCUT2D eigenvalue weighted by Crippen LogP contribution is 2.37. The van der Waals surface area contributed by atoms with E-state index in [0.717, 1.165) is 36.7 Å². The number of hydrogen-bond donors (Lipinski definition) is 1. The van der Waals surface area contributed by atoms with Gasteiger partial charge in [0.1, 0.15) is 10.1 Å². The molecule has 2 amide bonds. The third-order valence-electron chi connectivity index (χ3n) is 6.26. The van der Waals surface area contributed by atoms with Gasteiger partial charge in [-0.15, -0.1) is 11.3 Å². The number of halogens is 4. The number of carboxylic acid groups (broad SMARTS) is 1. The van der Waals surface area contributed by atoms with Gasteiger partial charge < -0.3 is 10.0 Å². The molecule has 0 radical (unpaired) electrons. The lowest BCUT2D eigenvalue weighted by Crippen LogP contribution is -2.42. The van der Waals surface area contributed by atoms with Crippen LogP contribution < -0.4 is 0 Å². The number of thiophene rings is 1. The van der Waals surface area contributed by atoms with Crippen LogP contribution in [0.3, 0.4) is 0 Å². The van der Waals surface area contributed by atoms with Crippen LogP contribution in [0.1, 0.15) is 36.1 Å². The van der Waals surface area contributed by atoms with Crippen molar-refractivity contribution < 1.29 is 37.1 Å². The van der Waals surface area contributed by atoms with Gasteiger partial charge in [-0.3, -0.25) is 19.3 Å². The molecule has 6 nitrogen and oxygen atoms in total. The third-order valence-corrected chi connectivity index (χ3v) is 8.51. The first kappa shape index (κ1) is 28.2. The molecule has 13 heteroatoms. The summed E-state index contributed by atoms with van der Waals surface area (Å²) in [5, 5.41) is 10.6. The highest BCUT2D eigenvalue weighted by Gasteiger charge is 2.35. The molecule has 0 aliphatic carbocycles. The summed E-state index contributed by atoms with van der Waals surface area (Å²) < 4.78 is 53.1. The summed E-state index contributed by atoms with van der Waals surface area (Å²) in [6.45, 7) is 1.02. The van der Waals surface area contributed by atoms with Gasteiger partial charge in [0.25, 0.3) is 5.91 Å². The molecule has 0 spiro atoms. The van der Waals surface area contributed by atoms with Gasteiger partial charge in [0.2, 0.25) is 5.91 Å². The van der Waals surface area contributed by atoms with Gasteiger partial charge in [-0.05, 0) is 59.5 Å². The van der Waals surface area contributed by atoms with Crippen LogP contribution in [0.5, 0.6) is 0 Å². The number of carboxylic acids is 1. The highest BCUT2D eigenvalue weighted by atomic mass is 32.2. The van der Waals surface area contributed by atoms with Crippen molar-refractivity contribution in [1.82, 2.24) is 9.80 Å². The molecule has 2 aliphatic heterocycles. The maximum absolute atomic E-state index is 13.6. The van der Waals surface area contributed by atoms with Gasteiger partial charge in [-0.25, -0.2) is 4.39 Å². The summed E-state index contributed by atoms with van der Waals surface area (Å²) >= 11 is 7.61. The Kier molecular flexibility index (Phi) is 8.58. The average Bonchev–Trinajstić information content (AvgIpc) is 3.41. The van der Waals surface area contributed by atoms with Crippen molar-refractivity contribution in [3.63, 3.8) is 0 Å². The first-order valence-electron chi connectivity index (χ1n) is 11.6. The number of likely N-dealkylation sites (tertiary alicyclic amines) is 1. The molecule has 38 heavy (non-hydrogen) atoms. The van der Waals surface area contributed by atoms with Crippen LogP contribution in [0.15, 0.2) is 34.6 Å². The van der Waals surface area contributed by atoms with Crippen molar-refractivity contribution in [1.29, 1.82) is 0 Å². The monoisotopic (exact) mass is 586 g/mol. The number of alkyl halides is 3. The Morgan fingerprint density at radius 1 is 1.21 bits per heavy atom. The van der Waals surface area contributed by atoms with Crippen LogP contribution in [0.2, 0.25) is 0 Å². The van der Waals surface area contributed by atoms with E-state index < -0.39 is 23.5 Å². The van der Waals surface area contributed by atoms with E-state index in [-0.39, 0.29) is 42.7 Å². The SMILES string of the molecule is O=C(O)C[C@H]1CCCN(C(=O)CCN2C(=O)/C(=C/c3cc(-c4ccc(F)c(C(F)(F)F)c4)cs3)SC2=S)C1. The van der Waals surface area contributed by atoms with Gasteiger partial charge >= 0.3 is 12.1 Å². The van der Waals surface area contributed by atoms with E-state index in [9.17, 15) is 31.9 Å². The Morgan fingerprint density at radius 2 is 1.97 bits per heavy atom. The molecule has 2 aromatic rings. The number of carbonyl (C=O) groups is 3. The number of piperidine rings is 1. The second-order valence-electron chi connectivity index (χ2n) is 8.96. The fourth-order valence-electron chi connectivity index (χ4n) is 4.39. The number of nitrogens with zero attached hydrogens (tertiary/aromatic N) is 2. The zero-order chi connectivity index (χ0) is 27.6. The molecule has 1 atom stereocenters. The lowest BCUT2D eigenvalue weighted by molar-refractivity contribution is -0.141. The predicted molar refractivity (Wildman–Crippen MR) is 141 cm³/mol. The standard InChI is InChI=1S/C25H22F4N2O4S3/c26-19-4-3-15(10-18(19)25(27,28)29)16-9-17(37-13-16)11-20-23(35)31(24(36)38-20)7-5-21(32)30-6-1-2-14(12-30)8-22(33)34/h3-4,9-11,13-14H,1-2,5-8,12H2,(H,33,34)/b20-11-/t14-/m1/s1. The van der Waals surface area contributed by atoms with Gasteiger partial charge in [-0.2, -0.15) is 13.2 Å². The molecule has 2 aliphatic rings. The van der Waals surface area contributed by atoms with Crippen LogP contribution in [0.25, 0.3) is 17.2 Å². The van der Waals surface area contributed by atoms with E-state index in [0.29, 0.717) is 32.8 Å². The first-order valence-corrected chi connectivity index (χ1v) is 13.7. The number of rotatable bonds is 7. The molecule has 4 rings (SSSR count). The first-order chi connectivity index (χ1) is 17.9. The Hall–Kier alpha value is -2.77. The summed E-state index contributed by atoms with van der Waals surface area (Å²) in [6, 6.07) is 4.40. The quantitative estimate of drug-likeness (QED) is 0.248. The number of thiocarbonyl (C=S) groups is 1. The third kappa shape index (κ3) is 6.62. The molecule has 202 valence electrons. The summed E-state index contributed by atoms with van der Waals surface area (Å²) in [5.41, 5.74) is -0.695. The molecular formula is C25H22F4N2O4S3. The minimum atomic E-state index is -4.82. The Labute approximate surface area is 229 Å². The van der Waals surface area contributed by atoms with Crippen molar-refractivity contribution in [3.05, 3.63) is 50.8 Å². The molecule has 0 saturated carbocycles. The summed E-state index contributed by atoms with van der Waals surface area (Å²) in [6.07, 6.45) is -1.68. The van der Waals surface area contributed by atoms with Gasteiger partial charge in [0.05, 0.1) is 10.5 Å². The van der Waals surface area contributed by atoms with Crippen molar-refractivity contribution in [3.8, 4) is 11.1 Å². The second kappa shape index (κ2) is 11.5. The minimum absolute atomic E-state index is 0.0123. The van der Waals surface area contributed by atoms with Crippen molar-refractivity contribution in [2.24, 2.45) is 5.92 Å².